The van der Waals surface area contributed by atoms with E-state index < -0.39 is 11.5 Å². The molecule has 1 fully saturated rings. The molecular formula is C19H23N5O4S. The SMILES string of the molecule is COc1ccc(C(=O)Nc2c(N)nc(SCC(=O)N3CCCCC3)[nH]c2=O)cc1. The number of hydrogen-bond donors (Lipinski definition) is 3. The number of nitrogens with two attached hydrogens (primary N) is 1. The molecule has 0 aliphatic carbocycles. The molecule has 4 N–H and O–H groups in total. The average molecular weight is 417 g/mol. The van der Waals surface area contributed by atoms with E-state index in [2.05, 4.69) is 15.3 Å². The summed E-state index contributed by atoms with van der Waals surface area (Å²) < 4.78 is 5.05. The third-order valence-corrected chi connectivity index (χ3v) is 5.42. The Balaban J connectivity index is 1.64. The fourth-order valence-electron chi connectivity index (χ4n) is 2.95. The summed E-state index contributed by atoms with van der Waals surface area (Å²) in [5.74, 6) is 0.185. The van der Waals surface area contributed by atoms with Crippen molar-refractivity contribution in [2.45, 2.75) is 24.4 Å². The van der Waals surface area contributed by atoms with Crippen LogP contribution in [0.4, 0.5) is 11.5 Å². The Kier molecular flexibility index (Phi) is 6.76. The number of aromatic amines is 1. The molecule has 1 aromatic heterocycles. The van der Waals surface area contributed by atoms with Gasteiger partial charge in [0.2, 0.25) is 5.91 Å². The van der Waals surface area contributed by atoms with E-state index in [1.54, 1.807) is 24.3 Å². The van der Waals surface area contributed by atoms with Gasteiger partial charge >= 0.3 is 0 Å². The fraction of sp³-hybridized carbons (Fsp3) is 0.368. The molecule has 10 heteroatoms. The van der Waals surface area contributed by atoms with Crippen molar-refractivity contribution in [1.29, 1.82) is 0 Å². The van der Waals surface area contributed by atoms with Gasteiger partial charge in [0, 0.05) is 18.7 Å². The molecule has 154 valence electrons. The number of benzene rings is 1. The molecule has 0 saturated carbocycles. The summed E-state index contributed by atoms with van der Waals surface area (Å²) in [6, 6.07) is 6.42. The molecule has 0 radical (unpaired) electrons. The number of carbonyl (C=O) groups is 2. The van der Waals surface area contributed by atoms with Gasteiger partial charge in [-0.1, -0.05) is 11.8 Å². The highest BCUT2D eigenvalue weighted by molar-refractivity contribution is 7.99. The van der Waals surface area contributed by atoms with Crippen molar-refractivity contribution in [2.24, 2.45) is 0 Å². The Morgan fingerprint density at radius 3 is 2.55 bits per heavy atom. The number of piperidine rings is 1. The maximum Gasteiger partial charge on any atom is 0.277 e. The van der Waals surface area contributed by atoms with Crippen LogP contribution >= 0.6 is 11.8 Å². The number of anilines is 2. The van der Waals surface area contributed by atoms with E-state index in [-0.39, 0.29) is 28.3 Å². The number of amides is 2. The number of nitrogens with one attached hydrogen (secondary N) is 2. The van der Waals surface area contributed by atoms with Crippen LogP contribution in [0, 0.1) is 0 Å². The molecule has 9 nitrogen and oxygen atoms in total. The summed E-state index contributed by atoms with van der Waals surface area (Å²) in [5.41, 5.74) is 5.51. The van der Waals surface area contributed by atoms with Crippen LogP contribution in [-0.4, -0.2) is 52.6 Å². The van der Waals surface area contributed by atoms with Gasteiger partial charge in [0.25, 0.3) is 11.5 Å². The van der Waals surface area contributed by atoms with Gasteiger partial charge in [-0.2, -0.15) is 0 Å². The minimum atomic E-state index is -0.577. The molecule has 0 unspecified atom stereocenters. The number of nitrogen functional groups attached to an aromatic ring is 1. The van der Waals surface area contributed by atoms with Crippen molar-refractivity contribution in [3.8, 4) is 5.75 Å². The van der Waals surface area contributed by atoms with Gasteiger partial charge in [-0.3, -0.25) is 19.4 Å². The maximum atomic E-state index is 12.4. The Bertz CT molecular complexity index is 939. The van der Waals surface area contributed by atoms with Crippen LogP contribution < -0.4 is 21.3 Å². The van der Waals surface area contributed by atoms with Crippen LogP contribution in [0.3, 0.4) is 0 Å². The summed E-state index contributed by atoms with van der Waals surface area (Å²) in [5, 5.41) is 2.72. The summed E-state index contributed by atoms with van der Waals surface area (Å²) in [4.78, 5) is 45.4. The first kappa shape index (κ1) is 20.7. The Morgan fingerprint density at radius 1 is 1.24 bits per heavy atom. The van der Waals surface area contributed by atoms with Gasteiger partial charge in [-0.05, 0) is 43.5 Å². The second kappa shape index (κ2) is 9.46. The lowest BCUT2D eigenvalue weighted by atomic mass is 10.1. The monoisotopic (exact) mass is 417 g/mol. The molecule has 1 aliphatic heterocycles. The van der Waals surface area contributed by atoms with Gasteiger partial charge in [0.05, 0.1) is 12.9 Å². The Labute approximate surface area is 172 Å². The highest BCUT2D eigenvalue weighted by atomic mass is 32.2. The summed E-state index contributed by atoms with van der Waals surface area (Å²) in [6.07, 6.45) is 3.17. The van der Waals surface area contributed by atoms with Gasteiger partial charge in [-0.15, -0.1) is 0 Å². The third kappa shape index (κ3) is 5.29. The minimum Gasteiger partial charge on any atom is -0.497 e. The number of methoxy groups -OCH3 is 1. The molecule has 0 bridgehead atoms. The minimum absolute atomic E-state index is 0.00723. The molecule has 0 atom stereocenters. The number of nitrogens with zero attached hydrogens (tertiary/aromatic N) is 2. The number of thioether (sulfide) groups is 1. The first-order valence-corrected chi connectivity index (χ1v) is 10.2. The van der Waals surface area contributed by atoms with E-state index in [0.717, 1.165) is 44.1 Å². The predicted molar refractivity (Wildman–Crippen MR) is 111 cm³/mol. The summed E-state index contributed by atoms with van der Waals surface area (Å²) in [7, 11) is 1.53. The van der Waals surface area contributed by atoms with Crippen molar-refractivity contribution in [1.82, 2.24) is 14.9 Å². The Hall–Kier alpha value is -3.01. The van der Waals surface area contributed by atoms with Crippen molar-refractivity contribution >= 4 is 35.1 Å². The standard InChI is InChI=1S/C19H23N5O4S/c1-28-13-7-5-12(6-8-13)17(26)21-15-16(20)22-19(23-18(15)27)29-11-14(25)24-9-3-2-4-10-24/h5-8H,2-4,9-11H2,1H3,(H,21,26)(H3,20,22,23,27). The second-order valence-corrected chi connectivity index (χ2v) is 7.51. The van der Waals surface area contributed by atoms with Gasteiger partial charge in [0.1, 0.15) is 11.4 Å². The molecule has 2 amide bonds. The average Bonchev–Trinajstić information content (AvgIpc) is 2.75. The van der Waals surface area contributed by atoms with Crippen LogP contribution in [0.15, 0.2) is 34.2 Å². The second-order valence-electron chi connectivity index (χ2n) is 6.54. The van der Waals surface area contributed by atoms with E-state index in [4.69, 9.17) is 10.5 Å². The van der Waals surface area contributed by atoms with Crippen LogP contribution in [0.1, 0.15) is 29.6 Å². The number of hydrogen-bond acceptors (Lipinski definition) is 7. The van der Waals surface area contributed by atoms with E-state index in [1.165, 1.54) is 7.11 Å². The molecule has 2 heterocycles. The third-order valence-electron chi connectivity index (χ3n) is 4.56. The molecule has 1 aromatic carbocycles. The molecule has 0 spiro atoms. The number of aromatic nitrogens is 2. The van der Waals surface area contributed by atoms with Crippen LogP contribution in [-0.2, 0) is 4.79 Å². The lowest BCUT2D eigenvalue weighted by Gasteiger charge is -2.26. The Morgan fingerprint density at radius 2 is 1.93 bits per heavy atom. The molecule has 29 heavy (non-hydrogen) atoms. The fourth-order valence-corrected chi connectivity index (χ4v) is 3.72. The van der Waals surface area contributed by atoms with Crippen LogP contribution in [0.25, 0.3) is 0 Å². The number of likely N-dealkylation sites (tertiary alicyclic amines) is 1. The maximum absolute atomic E-state index is 12.4. The van der Waals surface area contributed by atoms with Gasteiger partial charge < -0.3 is 20.7 Å². The molecule has 2 aromatic rings. The lowest BCUT2D eigenvalue weighted by molar-refractivity contribution is -0.129. The molecular weight excluding hydrogens is 394 g/mol. The van der Waals surface area contributed by atoms with Crippen molar-refractivity contribution in [2.75, 3.05) is 37.0 Å². The van der Waals surface area contributed by atoms with Crippen molar-refractivity contribution in [3.63, 3.8) is 0 Å². The molecule has 1 saturated heterocycles. The van der Waals surface area contributed by atoms with Gasteiger partial charge in [0.15, 0.2) is 11.0 Å². The summed E-state index contributed by atoms with van der Waals surface area (Å²) in [6.45, 7) is 1.53. The quantitative estimate of drug-likeness (QED) is 0.482. The van der Waals surface area contributed by atoms with E-state index in [0.29, 0.717) is 11.3 Å². The smallest absolute Gasteiger partial charge is 0.277 e. The predicted octanol–water partition coefficient (Wildman–Crippen LogP) is 1.72. The number of rotatable bonds is 6. The largest absolute Gasteiger partial charge is 0.497 e. The highest BCUT2D eigenvalue weighted by Crippen LogP contribution is 2.19. The molecule has 3 rings (SSSR count). The van der Waals surface area contributed by atoms with Crippen molar-refractivity contribution < 1.29 is 14.3 Å². The number of ether oxygens (including phenoxy) is 1. The van der Waals surface area contributed by atoms with Crippen molar-refractivity contribution in [3.05, 3.63) is 40.2 Å². The summed E-state index contributed by atoms with van der Waals surface area (Å²) >= 11 is 1.11. The van der Waals surface area contributed by atoms with Gasteiger partial charge in [-0.25, -0.2) is 4.98 Å². The van der Waals surface area contributed by atoms with Crippen LogP contribution in [0.5, 0.6) is 5.75 Å². The van der Waals surface area contributed by atoms with E-state index in [9.17, 15) is 14.4 Å². The highest BCUT2D eigenvalue weighted by Gasteiger charge is 2.18. The number of H-pyrrole nitrogens is 1. The zero-order valence-electron chi connectivity index (χ0n) is 16.1. The van der Waals surface area contributed by atoms with Crippen LogP contribution in [0.2, 0.25) is 0 Å². The topological polar surface area (TPSA) is 130 Å². The number of carbonyl (C=O) groups excluding carboxylic acids is 2. The normalized spacial score (nSPS) is 13.8. The lowest BCUT2D eigenvalue weighted by Crippen LogP contribution is -2.36. The van der Waals surface area contributed by atoms with E-state index >= 15 is 0 Å². The molecule has 1 aliphatic rings. The van der Waals surface area contributed by atoms with E-state index in [1.807, 2.05) is 4.90 Å². The zero-order chi connectivity index (χ0) is 20.8. The first-order valence-electron chi connectivity index (χ1n) is 9.23. The zero-order valence-corrected chi connectivity index (χ0v) is 16.9. The first-order chi connectivity index (χ1) is 14.0.